The molecule has 0 saturated heterocycles. The first-order valence-corrected chi connectivity index (χ1v) is 10.7. The number of hydrogen-bond donors (Lipinski definition) is 1. The van der Waals surface area contributed by atoms with E-state index in [2.05, 4.69) is 14.7 Å². The fourth-order valence-corrected chi connectivity index (χ4v) is 4.22. The molecule has 4 rings (SSSR count). The van der Waals surface area contributed by atoms with Crippen LogP contribution in [-0.4, -0.2) is 31.8 Å². The average Bonchev–Trinajstić information content (AvgIpc) is 3.36. The molecule has 0 bridgehead atoms. The number of nitrogens with zero attached hydrogens (tertiary/aromatic N) is 3. The molecular formula is C20H19F3N4O2S. The third-order valence-corrected chi connectivity index (χ3v) is 6.49. The predicted molar refractivity (Wildman–Crippen MR) is 106 cm³/mol. The molecule has 1 aromatic heterocycles. The van der Waals surface area contributed by atoms with Crippen LogP contribution in [0.4, 0.5) is 18.9 Å². The number of fused-ring (bicyclic) bond motifs is 1. The average molecular weight is 436 g/mol. The zero-order chi connectivity index (χ0) is 21.5. The van der Waals surface area contributed by atoms with Gasteiger partial charge in [0, 0.05) is 25.0 Å². The molecule has 1 aliphatic rings. The van der Waals surface area contributed by atoms with Gasteiger partial charge in [0.15, 0.2) is 5.69 Å². The highest BCUT2D eigenvalue weighted by molar-refractivity contribution is 7.89. The molecule has 1 N–H and O–H groups in total. The standard InChI is InChI=1S/C20H19F3N4O2S/c1-24-30(28,29)17-7-4-15-8-10-26(18(15)12-17)13-14-2-5-16(6-3-14)27-11-9-19(25-27)20(21,22)23/h2-7,9,11-12,24H,8,10,13H2,1H3. The second-order valence-electron chi connectivity index (χ2n) is 6.98. The monoisotopic (exact) mass is 436 g/mol. The van der Waals surface area contributed by atoms with Crippen LogP contribution in [0.3, 0.4) is 0 Å². The number of rotatable bonds is 5. The van der Waals surface area contributed by atoms with Crippen LogP contribution in [0.1, 0.15) is 16.8 Å². The smallest absolute Gasteiger partial charge is 0.367 e. The molecule has 0 unspecified atom stereocenters. The molecule has 6 nitrogen and oxygen atoms in total. The largest absolute Gasteiger partial charge is 0.435 e. The summed E-state index contributed by atoms with van der Waals surface area (Å²) in [5.74, 6) is 0. The second kappa shape index (κ2) is 7.44. The van der Waals surface area contributed by atoms with Gasteiger partial charge in [-0.3, -0.25) is 0 Å². The van der Waals surface area contributed by atoms with Crippen LogP contribution in [-0.2, 0) is 29.2 Å². The van der Waals surface area contributed by atoms with Crippen LogP contribution in [0.5, 0.6) is 0 Å². The minimum atomic E-state index is -4.48. The minimum Gasteiger partial charge on any atom is -0.367 e. The number of hydrogen-bond acceptors (Lipinski definition) is 4. The van der Waals surface area contributed by atoms with Gasteiger partial charge in [-0.15, -0.1) is 0 Å². The van der Waals surface area contributed by atoms with Gasteiger partial charge in [-0.1, -0.05) is 18.2 Å². The van der Waals surface area contributed by atoms with Gasteiger partial charge in [-0.25, -0.2) is 17.8 Å². The molecule has 0 aliphatic carbocycles. The molecular weight excluding hydrogens is 417 g/mol. The zero-order valence-corrected chi connectivity index (χ0v) is 16.8. The highest BCUT2D eigenvalue weighted by Gasteiger charge is 2.33. The Kier molecular flexibility index (Phi) is 5.07. The number of halogens is 3. The molecule has 10 heteroatoms. The highest BCUT2D eigenvalue weighted by Crippen LogP contribution is 2.32. The molecule has 3 aromatic rings. The lowest BCUT2D eigenvalue weighted by Gasteiger charge is -2.20. The van der Waals surface area contributed by atoms with E-state index in [0.29, 0.717) is 12.2 Å². The lowest BCUT2D eigenvalue weighted by atomic mass is 10.1. The van der Waals surface area contributed by atoms with Crippen molar-refractivity contribution in [2.75, 3.05) is 18.5 Å². The maximum absolute atomic E-state index is 12.7. The van der Waals surface area contributed by atoms with Gasteiger partial charge in [0.25, 0.3) is 0 Å². The van der Waals surface area contributed by atoms with E-state index in [-0.39, 0.29) is 4.90 Å². The Bertz CT molecular complexity index is 1170. The van der Waals surface area contributed by atoms with Crippen molar-refractivity contribution < 1.29 is 21.6 Å². The topological polar surface area (TPSA) is 67.2 Å². The van der Waals surface area contributed by atoms with Gasteiger partial charge in [0.2, 0.25) is 10.0 Å². The van der Waals surface area contributed by atoms with E-state index in [0.717, 1.165) is 35.8 Å². The van der Waals surface area contributed by atoms with Crippen LogP contribution in [0.2, 0.25) is 0 Å². The maximum Gasteiger partial charge on any atom is 0.435 e. The van der Waals surface area contributed by atoms with Crippen LogP contribution in [0, 0.1) is 0 Å². The summed E-state index contributed by atoms with van der Waals surface area (Å²) in [6.07, 6.45) is -2.38. The molecule has 2 heterocycles. The summed E-state index contributed by atoms with van der Waals surface area (Å²) >= 11 is 0. The molecule has 2 aromatic carbocycles. The normalized spacial score (nSPS) is 14.2. The number of benzene rings is 2. The lowest BCUT2D eigenvalue weighted by molar-refractivity contribution is -0.141. The summed E-state index contributed by atoms with van der Waals surface area (Å²) in [6.45, 7) is 1.32. The summed E-state index contributed by atoms with van der Waals surface area (Å²) in [5, 5.41) is 3.57. The first kappa shape index (κ1) is 20.4. The minimum absolute atomic E-state index is 0.213. The molecule has 0 fully saturated rings. The first-order valence-electron chi connectivity index (χ1n) is 9.21. The molecule has 158 valence electrons. The number of alkyl halides is 3. The van der Waals surface area contributed by atoms with Crippen molar-refractivity contribution in [1.29, 1.82) is 0 Å². The lowest BCUT2D eigenvalue weighted by Crippen LogP contribution is -2.21. The number of nitrogens with one attached hydrogen (secondary N) is 1. The summed E-state index contributed by atoms with van der Waals surface area (Å²) in [5.41, 5.74) is 2.50. The van der Waals surface area contributed by atoms with E-state index in [9.17, 15) is 21.6 Å². The summed E-state index contributed by atoms with van der Waals surface area (Å²) in [7, 11) is -2.15. The molecule has 1 aliphatic heterocycles. The third-order valence-electron chi connectivity index (χ3n) is 5.08. The van der Waals surface area contributed by atoms with E-state index in [1.54, 1.807) is 24.3 Å². The van der Waals surface area contributed by atoms with E-state index >= 15 is 0 Å². The van der Waals surface area contributed by atoms with Crippen molar-refractivity contribution in [3.63, 3.8) is 0 Å². The Morgan fingerprint density at radius 1 is 1.10 bits per heavy atom. The van der Waals surface area contributed by atoms with E-state index in [4.69, 9.17) is 0 Å². The Balaban J connectivity index is 1.53. The van der Waals surface area contributed by atoms with Crippen LogP contribution < -0.4 is 9.62 Å². The van der Waals surface area contributed by atoms with E-state index in [1.807, 2.05) is 18.2 Å². The summed E-state index contributed by atoms with van der Waals surface area (Å²) < 4.78 is 65.9. The Hall–Kier alpha value is -2.85. The first-order chi connectivity index (χ1) is 14.2. The number of sulfonamides is 1. The Morgan fingerprint density at radius 2 is 1.83 bits per heavy atom. The number of anilines is 1. The van der Waals surface area contributed by atoms with Crippen LogP contribution in [0.15, 0.2) is 59.6 Å². The summed E-state index contributed by atoms with van der Waals surface area (Å²) in [4.78, 5) is 2.31. The van der Waals surface area contributed by atoms with Crippen molar-refractivity contribution in [2.24, 2.45) is 0 Å². The molecule has 0 radical (unpaired) electrons. The van der Waals surface area contributed by atoms with Crippen LogP contribution in [0.25, 0.3) is 5.69 Å². The zero-order valence-electron chi connectivity index (χ0n) is 16.0. The molecule has 0 atom stereocenters. The van der Waals surface area contributed by atoms with Gasteiger partial charge in [0.05, 0.1) is 10.6 Å². The van der Waals surface area contributed by atoms with Crippen molar-refractivity contribution in [2.45, 2.75) is 24.0 Å². The molecule has 0 amide bonds. The van der Waals surface area contributed by atoms with Gasteiger partial charge in [-0.05, 0) is 54.9 Å². The van der Waals surface area contributed by atoms with Gasteiger partial charge >= 0.3 is 6.18 Å². The third kappa shape index (κ3) is 3.92. The van der Waals surface area contributed by atoms with E-state index < -0.39 is 21.9 Å². The second-order valence-corrected chi connectivity index (χ2v) is 8.87. The van der Waals surface area contributed by atoms with Gasteiger partial charge < -0.3 is 4.90 Å². The number of aromatic nitrogens is 2. The Morgan fingerprint density at radius 3 is 2.47 bits per heavy atom. The highest BCUT2D eigenvalue weighted by atomic mass is 32.2. The maximum atomic E-state index is 12.7. The Labute approximate surface area is 172 Å². The SMILES string of the molecule is CNS(=O)(=O)c1ccc2c(c1)N(Cc1ccc(-n3ccc(C(F)(F)F)n3)cc1)CC2. The van der Waals surface area contributed by atoms with Crippen molar-refractivity contribution in [1.82, 2.24) is 14.5 Å². The van der Waals surface area contributed by atoms with Crippen molar-refractivity contribution >= 4 is 15.7 Å². The van der Waals surface area contributed by atoms with Crippen LogP contribution >= 0.6 is 0 Å². The quantitative estimate of drug-likeness (QED) is 0.666. The van der Waals surface area contributed by atoms with Gasteiger partial charge in [-0.2, -0.15) is 18.3 Å². The fourth-order valence-electron chi connectivity index (χ4n) is 3.47. The van der Waals surface area contributed by atoms with Gasteiger partial charge in [0.1, 0.15) is 0 Å². The predicted octanol–water partition coefficient (Wildman–Crippen LogP) is 3.36. The molecule has 30 heavy (non-hydrogen) atoms. The molecule has 0 spiro atoms. The van der Waals surface area contributed by atoms with Crippen molar-refractivity contribution in [3.05, 3.63) is 71.5 Å². The molecule has 0 saturated carbocycles. The van der Waals surface area contributed by atoms with E-state index in [1.165, 1.54) is 17.9 Å². The fraction of sp³-hybridized carbons (Fsp3) is 0.250. The summed E-state index contributed by atoms with van der Waals surface area (Å²) in [6, 6.07) is 13.1. The van der Waals surface area contributed by atoms with Crippen molar-refractivity contribution in [3.8, 4) is 5.69 Å².